The Kier molecular flexibility index (Phi) is 7.72. The van der Waals surface area contributed by atoms with Gasteiger partial charge in [-0.15, -0.1) is 11.8 Å². The second-order valence-corrected chi connectivity index (χ2v) is 6.32. The molecule has 0 spiro atoms. The van der Waals surface area contributed by atoms with Crippen LogP contribution in [-0.2, 0) is 6.42 Å². The van der Waals surface area contributed by atoms with Gasteiger partial charge in [-0.1, -0.05) is 6.07 Å². The highest BCUT2D eigenvalue weighted by molar-refractivity contribution is 7.98. The van der Waals surface area contributed by atoms with Gasteiger partial charge in [0.05, 0.1) is 19.8 Å². The number of nitrogens with one attached hydrogen (secondary N) is 1. The molecule has 0 unspecified atom stereocenters. The van der Waals surface area contributed by atoms with Crippen LogP contribution in [0.2, 0.25) is 0 Å². The fraction of sp³-hybridized carbons (Fsp3) is 0.316. The van der Waals surface area contributed by atoms with E-state index in [1.165, 1.54) is 20.3 Å². The van der Waals surface area contributed by atoms with Crippen molar-refractivity contribution >= 4 is 17.7 Å². The lowest BCUT2D eigenvalue weighted by atomic mass is 10.1. The van der Waals surface area contributed by atoms with E-state index in [9.17, 15) is 13.6 Å². The van der Waals surface area contributed by atoms with Crippen LogP contribution >= 0.6 is 11.8 Å². The van der Waals surface area contributed by atoms with E-state index in [-0.39, 0.29) is 17.4 Å². The van der Waals surface area contributed by atoms with Gasteiger partial charge in [0.15, 0.2) is 11.5 Å². The number of carbonyl (C=O) groups is 1. The van der Waals surface area contributed by atoms with Crippen molar-refractivity contribution in [1.82, 2.24) is 5.32 Å². The van der Waals surface area contributed by atoms with E-state index in [4.69, 9.17) is 9.47 Å². The maximum atomic E-state index is 12.4. The predicted molar refractivity (Wildman–Crippen MR) is 100 cm³/mol. The number of carbonyl (C=O) groups excluding carboxylic acids is 1. The Hall–Kier alpha value is -2.48. The van der Waals surface area contributed by atoms with Crippen molar-refractivity contribution in [2.45, 2.75) is 17.9 Å². The molecule has 0 saturated heterocycles. The molecule has 2 aromatic rings. The van der Waals surface area contributed by atoms with Crippen molar-refractivity contribution in [3.63, 3.8) is 0 Å². The van der Waals surface area contributed by atoms with E-state index in [1.807, 2.05) is 18.4 Å². The van der Waals surface area contributed by atoms with Crippen LogP contribution in [0, 0.1) is 0 Å². The molecule has 1 N–H and O–H groups in total. The lowest BCUT2D eigenvalue weighted by Gasteiger charge is -2.12. The van der Waals surface area contributed by atoms with Crippen LogP contribution in [0.25, 0.3) is 0 Å². The second kappa shape index (κ2) is 10.0. The first-order valence-electron chi connectivity index (χ1n) is 8.10. The standard InChI is InChI=1S/C19H21F2NO4S/c1-24-16-11-13(27-3)5-6-14(16)18(23)22-9-8-12-4-7-15(26-19(20)21)17(10-12)25-2/h4-7,10-11,19H,8-9H2,1-3H3,(H,22,23). The molecule has 0 aromatic heterocycles. The first-order chi connectivity index (χ1) is 13.0. The maximum absolute atomic E-state index is 12.4. The van der Waals surface area contributed by atoms with E-state index in [2.05, 4.69) is 10.1 Å². The summed E-state index contributed by atoms with van der Waals surface area (Å²) in [6, 6.07) is 10.1. The van der Waals surface area contributed by atoms with E-state index in [0.29, 0.717) is 24.3 Å². The minimum absolute atomic E-state index is 0.0288. The Balaban J connectivity index is 1.99. The first-order valence-corrected chi connectivity index (χ1v) is 9.33. The quantitative estimate of drug-likeness (QED) is 0.648. The number of halogens is 2. The minimum Gasteiger partial charge on any atom is -0.496 e. The number of rotatable bonds is 9. The highest BCUT2D eigenvalue weighted by Crippen LogP contribution is 2.29. The summed E-state index contributed by atoms with van der Waals surface area (Å²) in [4.78, 5) is 13.4. The van der Waals surface area contributed by atoms with Crippen molar-refractivity contribution in [2.24, 2.45) is 0 Å². The highest BCUT2D eigenvalue weighted by Gasteiger charge is 2.14. The average Bonchev–Trinajstić information content (AvgIpc) is 2.67. The van der Waals surface area contributed by atoms with E-state index in [0.717, 1.165) is 10.5 Å². The van der Waals surface area contributed by atoms with Crippen molar-refractivity contribution in [3.8, 4) is 17.2 Å². The molecule has 0 aliphatic rings. The average molecular weight is 397 g/mol. The van der Waals surface area contributed by atoms with Crippen LogP contribution in [0.15, 0.2) is 41.3 Å². The van der Waals surface area contributed by atoms with Crippen molar-refractivity contribution in [2.75, 3.05) is 27.0 Å². The molecule has 2 rings (SSSR count). The summed E-state index contributed by atoms with van der Waals surface area (Å²) < 4.78 is 39.5. The number of hydrogen-bond donors (Lipinski definition) is 1. The molecule has 27 heavy (non-hydrogen) atoms. The molecule has 0 aliphatic heterocycles. The van der Waals surface area contributed by atoms with Crippen molar-refractivity contribution in [1.29, 1.82) is 0 Å². The molecule has 8 heteroatoms. The summed E-state index contributed by atoms with van der Waals surface area (Å²) in [7, 11) is 2.90. The Morgan fingerprint density at radius 2 is 1.81 bits per heavy atom. The first kappa shape index (κ1) is 20.8. The molecule has 2 aromatic carbocycles. The van der Waals surface area contributed by atoms with Crippen LogP contribution in [0.4, 0.5) is 8.78 Å². The van der Waals surface area contributed by atoms with E-state index in [1.54, 1.807) is 30.0 Å². The van der Waals surface area contributed by atoms with E-state index >= 15 is 0 Å². The third-order valence-electron chi connectivity index (χ3n) is 3.80. The van der Waals surface area contributed by atoms with Gasteiger partial charge in [0.1, 0.15) is 5.75 Å². The van der Waals surface area contributed by atoms with Gasteiger partial charge in [-0.25, -0.2) is 0 Å². The molecule has 0 radical (unpaired) electrons. The van der Waals surface area contributed by atoms with Gasteiger partial charge in [-0.2, -0.15) is 8.78 Å². The van der Waals surface area contributed by atoms with Crippen molar-refractivity contribution < 1.29 is 27.8 Å². The number of hydrogen-bond acceptors (Lipinski definition) is 5. The summed E-state index contributed by atoms with van der Waals surface area (Å²) in [5, 5.41) is 2.83. The topological polar surface area (TPSA) is 56.8 Å². The summed E-state index contributed by atoms with van der Waals surface area (Å²) >= 11 is 1.56. The molecule has 0 bridgehead atoms. The van der Waals surface area contributed by atoms with Crippen LogP contribution in [0.3, 0.4) is 0 Å². The Morgan fingerprint density at radius 3 is 2.44 bits per heavy atom. The molecule has 1 amide bonds. The predicted octanol–water partition coefficient (Wildman–Crippen LogP) is 4.00. The summed E-state index contributed by atoms with van der Waals surface area (Å²) in [5.41, 5.74) is 1.27. The third kappa shape index (κ3) is 5.75. The van der Waals surface area contributed by atoms with Crippen LogP contribution in [0.5, 0.6) is 17.2 Å². The Labute approximate surface area is 161 Å². The molecule has 0 aliphatic carbocycles. The molecular formula is C19H21F2NO4S. The van der Waals surface area contributed by atoms with Gasteiger partial charge in [-0.3, -0.25) is 4.79 Å². The SMILES string of the molecule is COc1cc(CCNC(=O)c2ccc(SC)cc2OC)ccc1OC(F)F. The molecule has 5 nitrogen and oxygen atoms in total. The zero-order chi connectivity index (χ0) is 19.8. The number of amides is 1. The van der Waals surface area contributed by atoms with Crippen LogP contribution in [-0.4, -0.2) is 39.5 Å². The highest BCUT2D eigenvalue weighted by atomic mass is 32.2. The monoisotopic (exact) mass is 397 g/mol. The normalized spacial score (nSPS) is 10.6. The Morgan fingerprint density at radius 1 is 1.07 bits per heavy atom. The van der Waals surface area contributed by atoms with Gasteiger partial charge in [0, 0.05) is 11.4 Å². The smallest absolute Gasteiger partial charge is 0.387 e. The van der Waals surface area contributed by atoms with Gasteiger partial charge >= 0.3 is 6.61 Å². The van der Waals surface area contributed by atoms with E-state index < -0.39 is 6.61 Å². The summed E-state index contributed by atoms with van der Waals surface area (Å²) in [6.07, 6.45) is 2.45. The summed E-state index contributed by atoms with van der Waals surface area (Å²) in [6.45, 7) is -2.55. The molecule has 0 heterocycles. The minimum atomic E-state index is -2.92. The van der Waals surface area contributed by atoms with Crippen LogP contribution in [0.1, 0.15) is 15.9 Å². The molecule has 146 valence electrons. The molecule has 0 fully saturated rings. The molecule has 0 atom stereocenters. The maximum Gasteiger partial charge on any atom is 0.387 e. The molecule has 0 saturated carbocycles. The van der Waals surface area contributed by atoms with Gasteiger partial charge in [-0.05, 0) is 48.6 Å². The number of methoxy groups -OCH3 is 2. The van der Waals surface area contributed by atoms with Gasteiger partial charge in [0.2, 0.25) is 0 Å². The van der Waals surface area contributed by atoms with Gasteiger partial charge < -0.3 is 19.5 Å². The van der Waals surface area contributed by atoms with Crippen LogP contribution < -0.4 is 19.5 Å². The number of benzene rings is 2. The van der Waals surface area contributed by atoms with Crippen molar-refractivity contribution in [3.05, 3.63) is 47.5 Å². The lowest BCUT2D eigenvalue weighted by molar-refractivity contribution is -0.0512. The number of alkyl halides is 2. The molecular weight excluding hydrogens is 376 g/mol. The third-order valence-corrected chi connectivity index (χ3v) is 4.52. The zero-order valence-corrected chi connectivity index (χ0v) is 16.1. The zero-order valence-electron chi connectivity index (χ0n) is 15.3. The number of ether oxygens (including phenoxy) is 3. The second-order valence-electron chi connectivity index (χ2n) is 5.44. The fourth-order valence-corrected chi connectivity index (χ4v) is 2.89. The van der Waals surface area contributed by atoms with Gasteiger partial charge in [0.25, 0.3) is 5.91 Å². The lowest BCUT2D eigenvalue weighted by Crippen LogP contribution is -2.26. The summed E-state index contributed by atoms with van der Waals surface area (Å²) in [5.74, 6) is 0.450. The Bertz CT molecular complexity index is 786. The fourth-order valence-electron chi connectivity index (χ4n) is 2.46. The number of thioether (sulfide) groups is 1. The largest absolute Gasteiger partial charge is 0.496 e.